The van der Waals surface area contributed by atoms with Gasteiger partial charge in [0.1, 0.15) is 0 Å². The van der Waals surface area contributed by atoms with Crippen LogP contribution in [0.2, 0.25) is 0 Å². The highest BCUT2D eigenvalue weighted by atomic mass is 19.4. The summed E-state index contributed by atoms with van der Waals surface area (Å²) < 4.78 is 40.3. The Bertz CT molecular complexity index is 320. The van der Waals surface area contributed by atoms with Gasteiger partial charge >= 0.3 is 12.1 Å². The first-order valence-electron chi connectivity index (χ1n) is 5.97. The Morgan fingerprint density at radius 1 is 1.35 bits per heavy atom. The maximum absolute atomic E-state index is 12.0. The van der Waals surface area contributed by atoms with Crippen LogP contribution in [0, 0.1) is 23.2 Å². The van der Waals surface area contributed by atoms with Crippen LogP contribution in [0.4, 0.5) is 13.2 Å². The molecule has 0 amide bonds. The Hall–Kier alpha value is -0.740. The van der Waals surface area contributed by atoms with E-state index in [1.54, 1.807) is 0 Å². The maximum Gasteiger partial charge on any atom is 0.490 e. The fourth-order valence-corrected chi connectivity index (χ4v) is 3.43. The normalized spacial score (nSPS) is 35.0. The highest BCUT2D eigenvalue weighted by molar-refractivity contribution is 5.75. The summed E-state index contributed by atoms with van der Waals surface area (Å²) in [6.07, 6.45) is -1.88. The molecule has 3 aliphatic carbocycles. The maximum atomic E-state index is 12.0. The summed E-state index contributed by atoms with van der Waals surface area (Å²) in [6.45, 7) is 4.23. The van der Waals surface area contributed by atoms with Gasteiger partial charge < -0.3 is 4.74 Å². The van der Waals surface area contributed by atoms with Crippen LogP contribution in [0.25, 0.3) is 0 Å². The molecule has 0 aromatic carbocycles. The number of ether oxygens (including phenoxy) is 1. The van der Waals surface area contributed by atoms with E-state index in [1.807, 2.05) is 0 Å². The van der Waals surface area contributed by atoms with Crippen LogP contribution in [-0.2, 0) is 9.53 Å². The Morgan fingerprint density at radius 3 is 2.47 bits per heavy atom. The number of hydrogen-bond acceptors (Lipinski definition) is 2. The van der Waals surface area contributed by atoms with Crippen molar-refractivity contribution in [1.82, 2.24) is 0 Å². The largest absolute Gasteiger partial charge is 0.490 e. The van der Waals surface area contributed by atoms with Crippen LogP contribution in [0.5, 0.6) is 0 Å². The first kappa shape index (κ1) is 12.7. The third-order valence-corrected chi connectivity index (χ3v) is 4.66. The monoisotopic (exact) mass is 250 g/mol. The molecular weight excluding hydrogens is 233 g/mol. The van der Waals surface area contributed by atoms with Crippen molar-refractivity contribution < 1.29 is 22.7 Å². The minimum absolute atomic E-state index is 0.0842. The molecule has 98 valence electrons. The predicted molar refractivity (Wildman–Crippen MR) is 55.1 cm³/mol. The number of carbonyl (C=O) groups is 1. The van der Waals surface area contributed by atoms with E-state index in [4.69, 9.17) is 0 Å². The van der Waals surface area contributed by atoms with Gasteiger partial charge in [-0.05, 0) is 42.4 Å². The van der Waals surface area contributed by atoms with Gasteiger partial charge in [-0.25, -0.2) is 4.79 Å². The number of halogens is 3. The second-order valence-electron chi connectivity index (χ2n) is 5.79. The van der Waals surface area contributed by atoms with Gasteiger partial charge in [-0.2, -0.15) is 13.2 Å². The van der Waals surface area contributed by atoms with Crippen molar-refractivity contribution in [2.75, 3.05) is 6.61 Å². The summed E-state index contributed by atoms with van der Waals surface area (Å²) in [5, 5.41) is 0. The van der Waals surface area contributed by atoms with Crippen molar-refractivity contribution in [2.45, 2.75) is 39.3 Å². The average Bonchev–Trinajstić information content (AvgIpc) is 2.24. The van der Waals surface area contributed by atoms with E-state index in [0.29, 0.717) is 11.8 Å². The molecule has 0 N–H and O–H groups in total. The Labute approximate surface area is 98.5 Å². The van der Waals surface area contributed by atoms with Crippen LogP contribution < -0.4 is 0 Å². The van der Waals surface area contributed by atoms with E-state index in [2.05, 4.69) is 18.6 Å². The van der Waals surface area contributed by atoms with Crippen molar-refractivity contribution in [2.24, 2.45) is 23.2 Å². The van der Waals surface area contributed by atoms with Crippen LogP contribution >= 0.6 is 0 Å². The van der Waals surface area contributed by atoms with Crippen molar-refractivity contribution in [3.8, 4) is 0 Å². The van der Waals surface area contributed by atoms with Gasteiger partial charge in [0.2, 0.25) is 0 Å². The number of esters is 1. The van der Waals surface area contributed by atoms with E-state index in [9.17, 15) is 18.0 Å². The molecule has 17 heavy (non-hydrogen) atoms. The Balaban J connectivity index is 1.87. The molecule has 3 atom stereocenters. The average molecular weight is 250 g/mol. The number of rotatable bonds is 2. The molecule has 5 heteroatoms. The van der Waals surface area contributed by atoms with Gasteiger partial charge in [0.15, 0.2) is 0 Å². The van der Waals surface area contributed by atoms with Crippen LogP contribution in [0.15, 0.2) is 0 Å². The van der Waals surface area contributed by atoms with Crippen molar-refractivity contribution in [1.29, 1.82) is 0 Å². The summed E-state index contributed by atoms with van der Waals surface area (Å²) in [4.78, 5) is 10.6. The highest BCUT2D eigenvalue weighted by Crippen LogP contribution is 2.61. The Kier molecular flexibility index (Phi) is 2.91. The van der Waals surface area contributed by atoms with Gasteiger partial charge in [0, 0.05) is 0 Å². The molecule has 0 heterocycles. The number of carbonyl (C=O) groups excluding carboxylic acids is 1. The number of fused-ring (bicyclic) bond motifs is 2. The van der Waals surface area contributed by atoms with Gasteiger partial charge in [0.05, 0.1) is 6.61 Å². The standard InChI is InChI=1S/C12H17F3O2/c1-11(2)8-4-3-7(9(11)5-8)6-17-10(16)12(13,14)15/h7-9H,3-6H2,1-2H3/t7?,8-,9+/m0/s1. The molecule has 0 aromatic heterocycles. The first-order chi connectivity index (χ1) is 7.73. The minimum Gasteiger partial charge on any atom is -0.459 e. The van der Waals surface area contributed by atoms with E-state index in [0.717, 1.165) is 19.3 Å². The quantitative estimate of drug-likeness (QED) is 0.704. The van der Waals surface area contributed by atoms with E-state index in [-0.39, 0.29) is 17.9 Å². The highest BCUT2D eigenvalue weighted by Gasteiger charge is 2.54. The summed E-state index contributed by atoms with van der Waals surface area (Å²) in [5.74, 6) is -0.859. The molecule has 0 aliphatic heterocycles. The number of hydrogen-bond donors (Lipinski definition) is 0. The van der Waals surface area contributed by atoms with Crippen LogP contribution in [-0.4, -0.2) is 18.8 Å². The molecule has 3 saturated carbocycles. The predicted octanol–water partition coefficient (Wildman–Crippen LogP) is 3.16. The zero-order valence-corrected chi connectivity index (χ0v) is 10.0. The van der Waals surface area contributed by atoms with Gasteiger partial charge in [0.25, 0.3) is 0 Å². The lowest BCUT2D eigenvalue weighted by atomic mass is 9.46. The smallest absolute Gasteiger partial charge is 0.459 e. The van der Waals surface area contributed by atoms with Crippen molar-refractivity contribution in [3.05, 3.63) is 0 Å². The second kappa shape index (κ2) is 3.89. The van der Waals surface area contributed by atoms with E-state index >= 15 is 0 Å². The molecule has 2 nitrogen and oxygen atoms in total. The molecule has 3 aliphatic rings. The summed E-state index contributed by atoms with van der Waals surface area (Å²) >= 11 is 0. The molecule has 0 spiro atoms. The summed E-state index contributed by atoms with van der Waals surface area (Å²) in [6, 6.07) is 0. The molecule has 1 unspecified atom stereocenters. The SMILES string of the molecule is CC1(C)[C@H]2CCC(COC(=O)C(F)(F)F)[C@H]1C2. The van der Waals surface area contributed by atoms with Gasteiger partial charge in [-0.15, -0.1) is 0 Å². The number of alkyl halides is 3. The molecule has 3 rings (SSSR count). The molecular formula is C12H17F3O2. The van der Waals surface area contributed by atoms with Crippen molar-refractivity contribution in [3.63, 3.8) is 0 Å². The minimum atomic E-state index is -4.87. The third kappa shape index (κ3) is 2.16. The molecule has 0 aromatic rings. The van der Waals surface area contributed by atoms with Crippen LogP contribution in [0.3, 0.4) is 0 Å². The zero-order chi connectivity index (χ0) is 12.8. The van der Waals surface area contributed by atoms with E-state index < -0.39 is 12.1 Å². The van der Waals surface area contributed by atoms with E-state index in [1.165, 1.54) is 0 Å². The molecule has 0 radical (unpaired) electrons. The van der Waals surface area contributed by atoms with Crippen molar-refractivity contribution >= 4 is 5.97 Å². The lowest BCUT2D eigenvalue weighted by molar-refractivity contribution is -0.205. The lowest BCUT2D eigenvalue weighted by Crippen LogP contribution is -2.53. The first-order valence-corrected chi connectivity index (χ1v) is 5.97. The zero-order valence-electron chi connectivity index (χ0n) is 10.0. The molecule has 3 fully saturated rings. The topological polar surface area (TPSA) is 26.3 Å². The van der Waals surface area contributed by atoms with Gasteiger partial charge in [-0.1, -0.05) is 13.8 Å². The fourth-order valence-electron chi connectivity index (χ4n) is 3.43. The summed E-state index contributed by atoms with van der Waals surface area (Å²) in [5.41, 5.74) is 0.202. The molecule has 2 bridgehead atoms. The fraction of sp³-hybridized carbons (Fsp3) is 0.917. The lowest BCUT2D eigenvalue weighted by Gasteiger charge is -2.60. The third-order valence-electron chi connectivity index (χ3n) is 4.66. The molecule has 0 saturated heterocycles. The summed E-state index contributed by atoms with van der Waals surface area (Å²) in [7, 11) is 0. The second-order valence-corrected chi connectivity index (χ2v) is 5.79. The van der Waals surface area contributed by atoms with Gasteiger partial charge in [-0.3, -0.25) is 0 Å². The van der Waals surface area contributed by atoms with Crippen LogP contribution in [0.1, 0.15) is 33.1 Å². The Morgan fingerprint density at radius 2 is 2.00 bits per heavy atom.